The van der Waals surface area contributed by atoms with E-state index >= 15 is 0 Å². The Balaban J connectivity index is 2.19. The van der Waals surface area contributed by atoms with Crippen LogP contribution in [-0.4, -0.2) is 34.7 Å². The molecule has 1 N–H and O–H groups in total. The number of piperidine rings is 1. The van der Waals surface area contributed by atoms with E-state index in [1.165, 1.54) is 4.90 Å². The molecule has 20 heavy (non-hydrogen) atoms. The molecule has 0 aliphatic carbocycles. The molecule has 3 rings (SSSR count). The zero-order valence-electron chi connectivity index (χ0n) is 11.1. The maximum absolute atomic E-state index is 12.3. The first-order valence-electron chi connectivity index (χ1n) is 6.32. The van der Waals surface area contributed by atoms with Gasteiger partial charge in [0.05, 0.1) is 0 Å². The van der Waals surface area contributed by atoms with Crippen molar-refractivity contribution in [3.05, 3.63) is 28.8 Å². The molecule has 0 aromatic heterocycles. The molecule has 1 saturated heterocycles. The van der Waals surface area contributed by atoms with Gasteiger partial charge in [0.1, 0.15) is 11.7 Å². The SMILES string of the molecule is CN1C(=O)[C@H](C(=O)O)[C@H]2C[C@@]1(C)Oc1ccc(Cl)cc12. The zero-order valence-corrected chi connectivity index (χ0v) is 11.8. The largest absolute Gasteiger partial charge is 0.481 e. The first-order chi connectivity index (χ1) is 9.33. The smallest absolute Gasteiger partial charge is 0.316 e. The number of aliphatic carboxylic acids is 1. The minimum Gasteiger partial charge on any atom is -0.481 e. The van der Waals surface area contributed by atoms with Gasteiger partial charge >= 0.3 is 5.97 Å². The maximum atomic E-state index is 12.3. The minimum absolute atomic E-state index is 0.413. The number of rotatable bonds is 1. The van der Waals surface area contributed by atoms with Crippen molar-refractivity contribution in [3.63, 3.8) is 0 Å². The predicted octanol–water partition coefficient (Wildman–Crippen LogP) is 2.10. The number of hydrogen-bond donors (Lipinski definition) is 1. The van der Waals surface area contributed by atoms with E-state index in [4.69, 9.17) is 16.3 Å². The Labute approximate surface area is 121 Å². The predicted molar refractivity (Wildman–Crippen MR) is 71.7 cm³/mol. The van der Waals surface area contributed by atoms with Gasteiger partial charge in [-0.1, -0.05) is 11.6 Å². The van der Waals surface area contributed by atoms with Crippen molar-refractivity contribution < 1.29 is 19.4 Å². The second-order valence-corrected chi connectivity index (χ2v) is 5.92. The Hall–Kier alpha value is -1.75. The van der Waals surface area contributed by atoms with Gasteiger partial charge in [-0.2, -0.15) is 0 Å². The second kappa shape index (κ2) is 4.12. The van der Waals surface area contributed by atoms with Crippen LogP contribution in [0.3, 0.4) is 0 Å². The molecule has 1 fully saturated rings. The lowest BCUT2D eigenvalue weighted by Crippen LogP contribution is -2.62. The highest BCUT2D eigenvalue weighted by Crippen LogP contribution is 2.50. The van der Waals surface area contributed by atoms with Gasteiger partial charge in [-0.05, 0) is 25.1 Å². The summed E-state index contributed by atoms with van der Waals surface area (Å²) >= 11 is 5.98. The summed E-state index contributed by atoms with van der Waals surface area (Å²) < 4.78 is 5.91. The van der Waals surface area contributed by atoms with E-state index in [1.54, 1.807) is 32.2 Å². The van der Waals surface area contributed by atoms with Crippen molar-refractivity contribution in [3.8, 4) is 5.75 Å². The molecule has 6 heteroatoms. The monoisotopic (exact) mass is 295 g/mol. The average molecular weight is 296 g/mol. The number of carboxylic acid groups (broad SMARTS) is 1. The Morgan fingerprint density at radius 3 is 2.90 bits per heavy atom. The Morgan fingerprint density at radius 2 is 2.25 bits per heavy atom. The van der Waals surface area contributed by atoms with Crippen molar-refractivity contribution in [1.29, 1.82) is 0 Å². The number of amides is 1. The highest BCUT2D eigenvalue weighted by Gasteiger charge is 2.55. The summed E-state index contributed by atoms with van der Waals surface area (Å²) in [6.45, 7) is 1.80. The van der Waals surface area contributed by atoms with Gasteiger partial charge in [-0.3, -0.25) is 9.59 Å². The number of fused-ring (bicyclic) bond motifs is 4. The lowest BCUT2D eigenvalue weighted by molar-refractivity contribution is -0.176. The molecule has 0 spiro atoms. The molecular formula is C14H14ClNO4. The van der Waals surface area contributed by atoms with E-state index in [2.05, 4.69) is 0 Å². The number of carbonyl (C=O) groups is 2. The van der Waals surface area contributed by atoms with E-state index in [0.717, 1.165) is 0 Å². The summed E-state index contributed by atoms with van der Waals surface area (Å²) in [4.78, 5) is 25.2. The summed E-state index contributed by atoms with van der Waals surface area (Å²) in [5.41, 5.74) is -0.113. The Morgan fingerprint density at radius 1 is 1.55 bits per heavy atom. The number of ether oxygens (including phenoxy) is 1. The summed E-state index contributed by atoms with van der Waals surface area (Å²) in [5.74, 6) is -2.44. The number of nitrogens with zero attached hydrogens (tertiary/aromatic N) is 1. The third-order valence-corrected chi connectivity index (χ3v) is 4.51. The maximum Gasteiger partial charge on any atom is 0.316 e. The van der Waals surface area contributed by atoms with Crippen molar-refractivity contribution in [1.82, 2.24) is 4.90 Å². The van der Waals surface area contributed by atoms with Crippen LogP contribution in [0, 0.1) is 5.92 Å². The molecule has 2 heterocycles. The van der Waals surface area contributed by atoms with Crippen molar-refractivity contribution >= 4 is 23.5 Å². The Kier molecular flexibility index (Phi) is 2.73. The van der Waals surface area contributed by atoms with Crippen LogP contribution in [0.5, 0.6) is 5.75 Å². The van der Waals surface area contributed by atoms with E-state index in [-0.39, 0.29) is 0 Å². The molecule has 106 valence electrons. The van der Waals surface area contributed by atoms with Crippen molar-refractivity contribution in [2.24, 2.45) is 5.92 Å². The van der Waals surface area contributed by atoms with Gasteiger partial charge in [-0.25, -0.2) is 0 Å². The standard InChI is InChI=1S/C14H14ClNO4/c1-14-6-9(11(13(18)19)12(17)16(14)2)8-5-7(15)3-4-10(8)20-14/h3-5,9,11H,6H2,1-2H3,(H,18,19)/t9-,11+,14+/m0/s1. The van der Waals surface area contributed by atoms with E-state index in [9.17, 15) is 14.7 Å². The lowest BCUT2D eigenvalue weighted by atomic mass is 9.74. The van der Waals surface area contributed by atoms with Crippen LogP contribution in [0.1, 0.15) is 24.8 Å². The quantitative estimate of drug-likeness (QED) is 0.806. The van der Waals surface area contributed by atoms with Gasteiger partial charge in [0.2, 0.25) is 5.91 Å². The van der Waals surface area contributed by atoms with Gasteiger partial charge < -0.3 is 14.7 Å². The zero-order chi connectivity index (χ0) is 14.7. The van der Waals surface area contributed by atoms with E-state index < -0.39 is 29.4 Å². The molecular weight excluding hydrogens is 282 g/mol. The average Bonchev–Trinajstić information content (AvgIpc) is 2.37. The molecule has 2 bridgehead atoms. The van der Waals surface area contributed by atoms with Crippen LogP contribution in [0.2, 0.25) is 5.02 Å². The van der Waals surface area contributed by atoms with Gasteiger partial charge in [0, 0.05) is 30.0 Å². The number of likely N-dealkylation sites (tertiary alicyclic amines) is 1. The van der Waals surface area contributed by atoms with E-state index in [1.807, 2.05) is 0 Å². The first kappa shape index (κ1) is 13.2. The molecule has 1 aromatic rings. The van der Waals surface area contributed by atoms with Crippen molar-refractivity contribution in [2.45, 2.75) is 25.0 Å². The van der Waals surface area contributed by atoms with Gasteiger partial charge in [-0.15, -0.1) is 0 Å². The van der Waals surface area contributed by atoms with Gasteiger partial charge in [0.15, 0.2) is 5.72 Å². The van der Waals surface area contributed by atoms with Crippen LogP contribution < -0.4 is 4.74 Å². The number of benzene rings is 1. The first-order valence-corrected chi connectivity index (χ1v) is 6.70. The summed E-state index contributed by atoms with van der Waals surface area (Å²) in [6, 6.07) is 5.11. The number of carbonyl (C=O) groups excluding carboxylic acids is 1. The van der Waals surface area contributed by atoms with Crippen LogP contribution in [0.25, 0.3) is 0 Å². The summed E-state index contributed by atoms with van der Waals surface area (Å²) in [7, 11) is 1.58. The summed E-state index contributed by atoms with van der Waals surface area (Å²) in [5, 5.41) is 9.90. The normalized spacial score (nSPS) is 31.6. The van der Waals surface area contributed by atoms with Crippen LogP contribution in [0.15, 0.2) is 18.2 Å². The number of hydrogen-bond acceptors (Lipinski definition) is 3. The lowest BCUT2D eigenvalue weighted by Gasteiger charge is -2.51. The fraction of sp³-hybridized carbons (Fsp3) is 0.429. The Bertz CT molecular complexity index is 617. The minimum atomic E-state index is -1.11. The topological polar surface area (TPSA) is 66.8 Å². The molecule has 2 aliphatic heterocycles. The van der Waals surface area contributed by atoms with E-state index in [0.29, 0.717) is 22.8 Å². The highest BCUT2D eigenvalue weighted by atomic mass is 35.5. The number of carboxylic acids is 1. The molecule has 1 amide bonds. The second-order valence-electron chi connectivity index (χ2n) is 5.48. The molecule has 2 aliphatic rings. The fourth-order valence-corrected chi connectivity index (χ4v) is 3.27. The molecule has 0 saturated carbocycles. The highest BCUT2D eigenvalue weighted by molar-refractivity contribution is 6.30. The molecule has 0 unspecified atom stereocenters. The molecule has 3 atom stereocenters. The van der Waals surface area contributed by atoms with Crippen LogP contribution in [0.4, 0.5) is 0 Å². The molecule has 5 nitrogen and oxygen atoms in total. The van der Waals surface area contributed by atoms with Crippen LogP contribution in [-0.2, 0) is 9.59 Å². The third kappa shape index (κ3) is 1.69. The molecule has 0 radical (unpaired) electrons. The van der Waals surface area contributed by atoms with Crippen molar-refractivity contribution in [2.75, 3.05) is 7.05 Å². The van der Waals surface area contributed by atoms with Gasteiger partial charge in [0.25, 0.3) is 0 Å². The third-order valence-electron chi connectivity index (χ3n) is 4.27. The number of halogens is 1. The fourth-order valence-electron chi connectivity index (χ4n) is 3.09. The molecule has 1 aromatic carbocycles. The summed E-state index contributed by atoms with van der Waals surface area (Å²) in [6.07, 6.45) is 0.444. The van der Waals surface area contributed by atoms with Crippen LogP contribution >= 0.6 is 11.6 Å².